The Kier molecular flexibility index (Phi) is 15.0. The zero-order valence-electron chi connectivity index (χ0n) is 37.8. The van der Waals surface area contributed by atoms with Crippen molar-refractivity contribution in [2.24, 2.45) is 11.3 Å². The number of sulfonamides is 1. The van der Waals surface area contributed by atoms with Crippen molar-refractivity contribution in [3.05, 3.63) is 81.5 Å². The Morgan fingerprint density at radius 3 is 2.57 bits per heavy atom. The summed E-state index contributed by atoms with van der Waals surface area (Å²) in [4.78, 5) is 38.9. The first-order valence-electron chi connectivity index (χ1n) is 22.7. The number of carbonyl (C=O) groups is 2. The van der Waals surface area contributed by atoms with Crippen LogP contribution < -0.4 is 29.9 Å². The van der Waals surface area contributed by atoms with E-state index in [-0.39, 0.29) is 63.9 Å². The lowest BCUT2D eigenvalue weighted by molar-refractivity contribution is -0.140. The molecular formula is C47H62Cl2N8O7S. The fourth-order valence-corrected chi connectivity index (χ4v) is 11.0. The van der Waals surface area contributed by atoms with E-state index in [2.05, 4.69) is 56.3 Å². The summed E-state index contributed by atoms with van der Waals surface area (Å²) in [5, 5.41) is 0.685. The Labute approximate surface area is 393 Å². The van der Waals surface area contributed by atoms with Gasteiger partial charge in [0.05, 0.1) is 31.5 Å². The molecule has 8 rings (SSSR count). The van der Waals surface area contributed by atoms with Gasteiger partial charge >= 0.3 is 0 Å². The molecule has 3 unspecified atom stereocenters. The van der Waals surface area contributed by atoms with Crippen molar-refractivity contribution in [2.45, 2.75) is 75.5 Å². The molecule has 0 radical (unpaired) electrons. The monoisotopic (exact) mass is 952 g/mol. The summed E-state index contributed by atoms with van der Waals surface area (Å²) in [5.41, 5.74) is 12.1. The molecule has 3 aromatic rings. The highest BCUT2D eigenvalue weighted by Crippen LogP contribution is 2.43. The summed E-state index contributed by atoms with van der Waals surface area (Å²) in [6.07, 6.45) is 6.56. The summed E-state index contributed by atoms with van der Waals surface area (Å²) < 4.78 is 48.1. The minimum absolute atomic E-state index is 0.00359. The number of ether oxygens (including phenoxy) is 3. The number of likely N-dealkylation sites (N-methyl/N-ethyl adjacent to an activating group) is 1. The van der Waals surface area contributed by atoms with Gasteiger partial charge in [0.15, 0.2) is 0 Å². The molecule has 4 atom stereocenters. The van der Waals surface area contributed by atoms with E-state index in [1.165, 1.54) is 22.8 Å². The minimum Gasteiger partial charge on any atom is -0.489 e. The van der Waals surface area contributed by atoms with Gasteiger partial charge in [0, 0.05) is 74.5 Å². The van der Waals surface area contributed by atoms with E-state index in [9.17, 15) is 18.0 Å². The van der Waals surface area contributed by atoms with Gasteiger partial charge in [-0.25, -0.2) is 18.1 Å². The number of carbonyl (C=O) groups excluding carboxylic acids is 2. The number of hydrazine groups is 1. The third-order valence-corrected chi connectivity index (χ3v) is 15.1. The second-order valence-electron chi connectivity index (χ2n) is 19.0. The van der Waals surface area contributed by atoms with Crippen LogP contribution in [0, 0.1) is 11.3 Å². The fourth-order valence-electron chi connectivity index (χ4n) is 9.67. The average molecular weight is 954 g/mol. The van der Waals surface area contributed by atoms with E-state index in [1.807, 2.05) is 43.3 Å². The van der Waals surface area contributed by atoms with E-state index < -0.39 is 22.0 Å². The van der Waals surface area contributed by atoms with E-state index >= 15 is 0 Å². The summed E-state index contributed by atoms with van der Waals surface area (Å²) in [6, 6.07) is 15.1. The molecule has 352 valence electrons. The molecule has 18 heteroatoms. The first-order valence-corrected chi connectivity index (χ1v) is 25.0. The molecule has 3 aliphatic heterocycles. The van der Waals surface area contributed by atoms with Gasteiger partial charge in [-0.3, -0.25) is 25.3 Å². The molecule has 0 bridgehead atoms. The van der Waals surface area contributed by atoms with Gasteiger partial charge in [-0.05, 0) is 99.5 Å². The molecular weight excluding hydrogens is 892 g/mol. The number of morpholine rings is 1. The van der Waals surface area contributed by atoms with Gasteiger partial charge in [-0.1, -0.05) is 54.8 Å². The maximum Gasteiger partial charge on any atom is 0.268 e. The summed E-state index contributed by atoms with van der Waals surface area (Å²) in [7, 11) is -0.759. The number of anilines is 1. The average Bonchev–Trinajstić information content (AvgIpc) is 3.77. The number of nitrogens with one attached hydrogen (secondary N) is 3. The molecule has 1 saturated carbocycles. The fraction of sp³-hybridized carbons (Fsp3) is 0.553. The highest BCUT2D eigenvalue weighted by molar-refractivity contribution is 7.90. The van der Waals surface area contributed by atoms with Gasteiger partial charge in [-0.15, -0.1) is 0 Å². The lowest BCUT2D eigenvalue weighted by Gasteiger charge is -2.39. The van der Waals surface area contributed by atoms with Crippen LogP contribution in [0.2, 0.25) is 10.0 Å². The van der Waals surface area contributed by atoms with Crippen LogP contribution in [0.4, 0.5) is 5.69 Å². The zero-order chi connectivity index (χ0) is 45.9. The predicted molar refractivity (Wildman–Crippen MR) is 252 cm³/mol. The number of hydrogen-bond donors (Lipinski definition) is 3. The van der Waals surface area contributed by atoms with Gasteiger partial charge in [0.25, 0.3) is 15.9 Å². The van der Waals surface area contributed by atoms with Crippen molar-refractivity contribution in [1.82, 2.24) is 35.3 Å². The van der Waals surface area contributed by atoms with Crippen molar-refractivity contribution in [2.75, 3.05) is 91.1 Å². The van der Waals surface area contributed by atoms with Crippen LogP contribution in [-0.2, 0) is 19.6 Å². The molecule has 65 heavy (non-hydrogen) atoms. The van der Waals surface area contributed by atoms with Gasteiger partial charge < -0.3 is 28.9 Å². The first kappa shape index (κ1) is 47.5. The first-order chi connectivity index (χ1) is 31.1. The number of piperazine rings is 1. The lowest BCUT2D eigenvalue weighted by atomic mass is 9.72. The topological polar surface area (TPSA) is 158 Å². The maximum atomic E-state index is 14.0. The Bertz CT molecular complexity index is 2340. The van der Waals surface area contributed by atoms with Crippen LogP contribution >= 0.6 is 23.2 Å². The van der Waals surface area contributed by atoms with Crippen LogP contribution in [0.25, 0.3) is 5.57 Å². The molecule has 1 aromatic heterocycles. The van der Waals surface area contributed by atoms with Crippen LogP contribution in [0.15, 0.2) is 65.2 Å². The van der Waals surface area contributed by atoms with Crippen LogP contribution in [-0.4, -0.2) is 144 Å². The normalized spacial score (nSPS) is 23.9. The number of fused-ring (bicyclic) bond motifs is 1. The van der Waals surface area contributed by atoms with Crippen molar-refractivity contribution in [3.8, 4) is 11.6 Å². The quantitative estimate of drug-likeness (QED) is 0.187. The van der Waals surface area contributed by atoms with E-state index in [1.54, 1.807) is 11.0 Å². The summed E-state index contributed by atoms with van der Waals surface area (Å²) in [6.45, 7) is 11.2. The number of hydrogen-bond acceptors (Lipinski definition) is 13. The number of aromatic nitrogens is 1. The lowest BCUT2D eigenvalue weighted by Crippen LogP contribution is -2.49. The second kappa shape index (κ2) is 20.5. The summed E-state index contributed by atoms with van der Waals surface area (Å²) in [5.74, 6) is -0.307. The van der Waals surface area contributed by atoms with Gasteiger partial charge in [0.1, 0.15) is 34.5 Å². The molecule has 2 aliphatic carbocycles. The number of rotatable bonds is 14. The van der Waals surface area contributed by atoms with Crippen molar-refractivity contribution in [3.63, 3.8) is 0 Å². The predicted octanol–water partition coefficient (Wildman–Crippen LogP) is 5.48. The molecule has 3 N–H and O–H groups in total. The Hall–Kier alpha value is -4.00. The Morgan fingerprint density at radius 1 is 1.03 bits per heavy atom. The Morgan fingerprint density at radius 2 is 1.82 bits per heavy atom. The third kappa shape index (κ3) is 11.8. The van der Waals surface area contributed by atoms with Crippen LogP contribution in [0.3, 0.4) is 0 Å². The maximum absolute atomic E-state index is 14.0. The van der Waals surface area contributed by atoms with Gasteiger partial charge in [-0.2, -0.15) is 0 Å². The number of halogens is 2. The highest BCUT2D eigenvalue weighted by atomic mass is 35.5. The molecule has 5 aliphatic rings. The second-order valence-corrected chi connectivity index (χ2v) is 21.6. The molecule has 0 spiro atoms. The molecule has 4 fully saturated rings. The third-order valence-electron chi connectivity index (χ3n) is 13.3. The highest BCUT2D eigenvalue weighted by Gasteiger charge is 2.39. The van der Waals surface area contributed by atoms with Gasteiger partial charge in [0.2, 0.25) is 11.8 Å². The van der Waals surface area contributed by atoms with E-state index in [0.717, 1.165) is 94.7 Å². The molecule has 2 aromatic carbocycles. The van der Waals surface area contributed by atoms with E-state index in [0.29, 0.717) is 25.4 Å². The van der Waals surface area contributed by atoms with E-state index in [4.69, 9.17) is 37.4 Å². The SMILES string of the molecule is CN(C)CC(=O)N1CCO[C@H](COc2ncc(S(=O)(=O)NC(=O)c3ccc(N4CCN(CC5=C(c6ccc(Cl)cc6)CC(C)(C)CC5)CC4)cc3OC3CCCC4NNCC43)cc2Cl)C1. The molecule has 3 saturated heterocycles. The molecule has 4 heterocycles. The standard InChI is InChI=1S/C47H62Cl2N8O7S/c1-47(2)15-14-32(38(24-47)31-8-10-33(48)11-9-31)27-55-16-18-56(19-17-55)34-12-13-37(43(22-34)64-42-7-5-6-41-39(42)26-51-52-41)45(59)53-65(60,61)36-23-40(49)46(50-25-36)63-30-35-28-57(20-21-62-35)44(58)29-54(3)4/h8-13,22-23,25,35,39,41-42,51-52H,5-7,14-21,24,26-30H2,1-4H3,(H,53,59)/t35-,39?,41?,42?/m0/s1. The largest absolute Gasteiger partial charge is 0.489 e. The summed E-state index contributed by atoms with van der Waals surface area (Å²) >= 11 is 12.8. The van der Waals surface area contributed by atoms with Crippen LogP contribution in [0.1, 0.15) is 68.3 Å². The van der Waals surface area contributed by atoms with Crippen molar-refractivity contribution in [1.29, 1.82) is 0 Å². The number of benzene rings is 2. The Balaban J connectivity index is 0.946. The van der Waals surface area contributed by atoms with Crippen molar-refractivity contribution >= 4 is 56.3 Å². The number of amides is 2. The molecule has 15 nitrogen and oxygen atoms in total. The van der Waals surface area contributed by atoms with Crippen molar-refractivity contribution < 1.29 is 32.2 Å². The van der Waals surface area contributed by atoms with Crippen LogP contribution in [0.5, 0.6) is 11.6 Å². The number of pyridine rings is 1. The number of nitrogens with zero attached hydrogens (tertiary/aromatic N) is 5. The minimum atomic E-state index is -4.43. The number of allylic oxidation sites excluding steroid dienone is 1. The molecule has 2 amide bonds. The zero-order valence-corrected chi connectivity index (χ0v) is 40.1. The smallest absolute Gasteiger partial charge is 0.268 e.